The van der Waals surface area contributed by atoms with Gasteiger partial charge in [0.15, 0.2) is 0 Å². The Kier molecular flexibility index (Phi) is 5.56. The van der Waals surface area contributed by atoms with Crippen LogP contribution in [0.1, 0.15) is 18.2 Å². The molecule has 1 aromatic carbocycles. The first kappa shape index (κ1) is 15.0. The summed E-state index contributed by atoms with van der Waals surface area (Å²) in [5.74, 6) is 0.746. The number of halogens is 1. The zero-order chi connectivity index (χ0) is 14.4. The first-order chi connectivity index (χ1) is 9.70. The maximum absolute atomic E-state index is 6.10. The Balaban J connectivity index is 1.92. The van der Waals surface area contributed by atoms with Gasteiger partial charge in [0.25, 0.3) is 0 Å². The molecule has 108 valence electrons. The van der Waals surface area contributed by atoms with Gasteiger partial charge in [0, 0.05) is 11.4 Å². The van der Waals surface area contributed by atoms with Gasteiger partial charge in [-0.25, -0.2) is 0 Å². The molecule has 0 aliphatic carbocycles. The van der Waals surface area contributed by atoms with E-state index in [0.717, 1.165) is 35.2 Å². The molecule has 1 heterocycles. The summed E-state index contributed by atoms with van der Waals surface area (Å²) >= 11 is 7.52. The summed E-state index contributed by atoms with van der Waals surface area (Å²) in [6, 6.07) is 9.80. The number of hydrogen-bond donors (Lipinski definition) is 2. The second-order valence-corrected chi connectivity index (χ2v) is 6.25. The summed E-state index contributed by atoms with van der Waals surface area (Å²) in [5, 5.41) is 3.35. The number of thiophene rings is 1. The summed E-state index contributed by atoms with van der Waals surface area (Å²) < 4.78 is 6.44. The lowest BCUT2D eigenvalue weighted by Crippen LogP contribution is -2.07. The fourth-order valence-corrected chi connectivity index (χ4v) is 2.93. The molecule has 3 nitrogen and oxygen atoms in total. The zero-order valence-corrected chi connectivity index (χ0v) is 13.1. The van der Waals surface area contributed by atoms with Crippen molar-refractivity contribution in [1.29, 1.82) is 0 Å². The van der Waals surface area contributed by atoms with Crippen molar-refractivity contribution >= 4 is 34.3 Å². The highest BCUT2D eigenvalue weighted by atomic mass is 35.5. The van der Waals surface area contributed by atoms with E-state index in [1.165, 1.54) is 4.88 Å². The van der Waals surface area contributed by atoms with E-state index in [1.54, 1.807) is 11.3 Å². The molecule has 0 atom stereocenters. The topological polar surface area (TPSA) is 47.3 Å². The van der Waals surface area contributed by atoms with E-state index in [2.05, 4.69) is 18.3 Å². The Bertz CT molecular complexity index is 557. The molecule has 0 saturated heterocycles. The van der Waals surface area contributed by atoms with Crippen LogP contribution in [-0.2, 0) is 6.42 Å². The Hall–Kier alpha value is -1.39. The van der Waals surface area contributed by atoms with Crippen LogP contribution < -0.4 is 15.8 Å². The molecule has 0 spiro atoms. The minimum atomic E-state index is 0.671. The van der Waals surface area contributed by atoms with Crippen LogP contribution in [0, 0.1) is 0 Å². The molecule has 20 heavy (non-hydrogen) atoms. The number of nitrogens with one attached hydrogen (secondary N) is 1. The highest BCUT2D eigenvalue weighted by Crippen LogP contribution is 2.29. The van der Waals surface area contributed by atoms with Crippen molar-refractivity contribution < 1.29 is 4.74 Å². The molecule has 0 amide bonds. The number of rotatable bonds is 7. The van der Waals surface area contributed by atoms with Gasteiger partial charge in [0.2, 0.25) is 0 Å². The van der Waals surface area contributed by atoms with Crippen molar-refractivity contribution in [2.45, 2.75) is 19.8 Å². The van der Waals surface area contributed by atoms with Crippen LogP contribution in [0.5, 0.6) is 5.75 Å². The molecule has 5 heteroatoms. The SMILES string of the molecule is CCCOc1cccc(NCCc2ccc(Cl)s2)c1N. The second-order valence-electron chi connectivity index (χ2n) is 4.45. The smallest absolute Gasteiger partial charge is 0.144 e. The molecule has 1 aromatic heterocycles. The van der Waals surface area contributed by atoms with Gasteiger partial charge in [-0.1, -0.05) is 24.6 Å². The van der Waals surface area contributed by atoms with Gasteiger partial charge in [-0.05, 0) is 37.1 Å². The average Bonchev–Trinajstić information content (AvgIpc) is 2.85. The van der Waals surface area contributed by atoms with E-state index >= 15 is 0 Å². The number of nitrogen functional groups attached to an aromatic ring is 1. The van der Waals surface area contributed by atoms with E-state index in [4.69, 9.17) is 22.1 Å². The lowest BCUT2D eigenvalue weighted by atomic mass is 10.2. The number of hydrogen-bond acceptors (Lipinski definition) is 4. The standard InChI is InChI=1S/C15H19ClN2OS/c1-2-10-19-13-5-3-4-12(15(13)17)18-9-8-11-6-7-14(16)20-11/h3-7,18H,2,8-10,17H2,1H3. The summed E-state index contributed by atoms with van der Waals surface area (Å²) in [6.45, 7) is 3.57. The van der Waals surface area contributed by atoms with Crippen molar-refractivity contribution in [3.8, 4) is 5.75 Å². The van der Waals surface area contributed by atoms with E-state index < -0.39 is 0 Å². The largest absolute Gasteiger partial charge is 0.491 e. The molecule has 0 aliphatic heterocycles. The molecule has 0 unspecified atom stereocenters. The minimum Gasteiger partial charge on any atom is -0.491 e. The quantitative estimate of drug-likeness (QED) is 0.744. The number of para-hydroxylation sites is 1. The fourth-order valence-electron chi connectivity index (χ4n) is 1.84. The minimum absolute atomic E-state index is 0.671. The molecule has 2 aromatic rings. The molecular formula is C15H19ClN2OS. The Morgan fingerprint density at radius 3 is 2.85 bits per heavy atom. The van der Waals surface area contributed by atoms with Crippen LogP contribution in [0.25, 0.3) is 0 Å². The zero-order valence-electron chi connectivity index (χ0n) is 11.5. The summed E-state index contributed by atoms with van der Waals surface area (Å²) in [4.78, 5) is 1.26. The summed E-state index contributed by atoms with van der Waals surface area (Å²) in [7, 11) is 0. The van der Waals surface area contributed by atoms with Crippen LogP contribution in [-0.4, -0.2) is 13.2 Å². The van der Waals surface area contributed by atoms with Crippen LogP contribution in [0.3, 0.4) is 0 Å². The Labute approximate surface area is 128 Å². The van der Waals surface area contributed by atoms with Crippen molar-refractivity contribution in [2.24, 2.45) is 0 Å². The maximum Gasteiger partial charge on any atom is 0.144 e. The molecule has 3 N–H and O–H groups in total. The normalized spacial score (nSPS) is 10.5. The number of nitrogens with two attached hydrogens (primary N) is 1. The van der Waals surface area contributed by atoms with Gasteiger partial charge < -0.3 is 15.8 Å². The van der Waals surface area contributed by atoms with E-state index in [0.29, 0.717) is 12.3 Å². The van der Waals surface area contributed by atoms with Crippen molar-refractivity contribution in [1.82, 2.24) is 0 Å². The lowest BCUT2D eigenvalue weighted by Gasteiger charge is -2.13. The number of anilines is 2. The van der Waals surface area contributed by atoms with Crippen LogP contribution in [0.15, 0.2) is 30.3 Å². The molecule has 0 aliphatic rings. The maximum atomic E-state index is 6.10. The first-order valence-corrected chi connectivity index (χ1v) is 7.89. The molecule has 0 fully saturated rings. The van der Waals surface area contributed by atoms with Crippen LogP contribution >= 0.6 is 22.9 Å². The molecule has 0 saturated carbocycles. The fraction of sp³-hybridized carbons (Fsp3) is 0.333. The van der Waals surface area contributed by atoms with Gasteiger partial charge in [-0.2, -0.15) is 0 Å². The van der Waals surface area contributed by atoms with Gasteiger partial charge in [-0.15, -0.1) is 11.3 Å². The monoisotopic (exact) mass is 310 g/mol. The third kappa shape index (κ3) is 4.05. The van der Waals surface area contributed by atoms with Crippen LogP contribution in [0.4, 0.5) is 11.4 Å². The van der Waals surface area contributed by atoms with E-state index in [1.807, 2.05) is 24.3 Å². The first-order valence-electron chi connectivity index (χ1n) is 6.70. The van der Waals surface area contributed by atoms with Gasteiger partial charge >= 0.3 is 0 Å². The predicted molar refractivity (Wildman–Crippen MR) is 88.2 cm³/mol. The summed E-state index contributed by atoms with van der Waals surface area (Å²) in [6.07, 6.45) is 1.90. The predicted octanol–water partition coefficient (Wildman–Crippen LogP) is 4.43. The second kappa shape index (κ2) is 7.41. The average molecular weight is 311 g/mol. The van der Waals surface area contributed by atoms with Gasteiger partial charge in [-0.3, -0.25) is 0 Å². The highest BCUT2D eigenvalue weighted by Gasteiger charge is 2.05. The Morgan fingerprint density at radius 2 is 2.15 bits per heavy atom. The van der Waals surface area contributed by atoms with E-state index in [9.17, 15) is 0 Å². The third-order valence-corrected chi connectivity index (χ3v) is 4.13. The molecular weight excluding hydrogens is 292 g/mol. The van der Waals surface area contributed by atoms with Gasteiger partial charge in [0.05, 0.1) is 22.3 Å². The highest BCUT2D eigenvalue weighted by molar-refractivity contribution is 7.16. The van der Waals surface area contributed by atoms with Crippen LogP contribution in [0.2, 0.25) is 4.34 Å². The van der Waals surface area contributed by atoms with Gasteiger partial charge in [0.1, 0.15) is 5.75 Å². The number of benzene rings is 1. The van der Waals surface area contributed by atoms with Crippen molar-refractivity contribution in [3.63, 3.8) is 0 Å². The van der Waals surface area contributed by atoms with Crippen molar-refractivity contribution in [2.75, 3.05) is 24.2 Å². The lowest BCUT2D eigenvalue weighted by molar-refractivity contribution is 0.319. The third-order valence-electron chi connectivity index (χ3n) is 2.84. The van der Waals surface area contributed by atoms with Crippen molar-refractivity contribution in [3.05, 3.63) is 39.5 Å². The summed E-state index contributed by atoms with van der Waals surface area (Å²) in [5.41, 5.74) is 7.69. The molecule has 0 bridgehead atoms. The Morgan fingerprint density at radius 1 is 1.30 bits per heavy atom. The molecule has 0 radical (unpaired) electrons. The number of ether oxygens (including phenoxy) is 1. The molecule has 2 rings (SSSR count). The van der Waals surface area contributed by atoms with E-state index in [-0.39, 0.29) is 0 Å².